The van der Waals surface area contributed by atoms with Gasteiger partial charge < -0.3 is 10.3 Å². The molecule has 3 nitrogen and oxygen atoms in total. The number of hydrogen-bond donors (Lipinski definition) is 2. The van der Waals surface area contributed by atoms with Crippen molar-refractivity contribution in [2.24, 2.45) is 0 Å². The third kappa shape index (κ3) is 2.04. The summed E-state index contributed by atoms with van der Waals surface area (Å²) in [6, 6.07) is 11.0. The van der Waals surface area contributed by atoms with Crippen LogP contribution in [0.25, 0.3) is 22.6 Å². The van der Waals surface area contributed by atoms with Gasteiger partial charge in [-0.25, -0.2) is 0 Å². The number of anilines is 1. The molecule has 0 spiro atoms. The molecule has 22 heavy (non-hydrogen) atoms. The van der Waals surface area contributed by atoms with Crippen LogP contribution in [0.5, 0.6) is 0 Å². The number of H-pyrrole nitrogens is 1. The third-order valence-electron chi connectivity index (χ3n) is 3.80. The van der Waals surface area contributed by atoms with Gasteiger partial charge in [0.1, 0.15) is 7.85 Å². The fraction of sp³-hybridized carbons (Fsp3) is 0. The van der Waals surface area contributed by atoms with Gasteiger partial charge in [0, 0.05) is 38.8 Å². The predicted molar refractivity (Wildman–Crippen MR) is 91.6 cm³/mol. The van der Waals surface area contributed by atoms with E-state index in [-0.39, 0.29) is 5.91 Å². The molecule has 1 amide bonds. The Hall–Kier alpha value is -2.46. The molecule has 2 aromatic carbocycles. The molecule has 1 aliphatic rings. The van der Waals surface area contributed by atoms with Crippen LogP contribution in [0.2, 0.25) is 5.02 Å². The number of halogens is 1. The first-order valence-electron chi connectivity index (χ1n) is 6.81. The Balaban J connectivity index is 1.89. The first-order chi connectivity index (χ1) is 10.6. The van der Waals surface area contributed by atoms with E-state index in [1.165, 1.54) is 0 Å². The lowest BCUT2D eigenvalue weighted by molar-refractivity contribution is -0.110. The molecule has 0 atom stereocenters. The topological polar surface area (TPSA) is 44.9 Å². The summed E-state index contributed by atoms with van der Waals surface area (Å²) in [5.41, 5.74) is 4.81. The number of hydrogen-bond acceptors (Lipinski definition) is 1. The summed E-state index contributed by atoms with van der Waals surface area (Å²) in [6.07, 6.45) is 3.74. The van der Waals surface area contributed by atoms with Gasteiger partial charge in [0.15, 0.2) is 0 Å². The molecule has 104 valence electrons. The summed E-state index contributed by atoms with van der Waals surface area (Å²) < 4.78 is 0. The van der Waals surface area contributed by atoms with Gasteiger partial charge in [0.25, 0.3) is 5.91 Å². The molecular formula is C17H10BClN2O. The van der Waals surface area contributed by atoms with Crippen molar-refractivity contribution in [3.8, 4) is 0 Å². The maximum atomic E-state index is 12.2. The van der Waals surface area contributed by atoms with E-state index in [0.29, 0.717) is 16.1 Å². The number of nitrogens with one attached hydrogen (secondary N) is 2. The highest BCUT2D eigenvalue weighted by Gasteiger charge is 2.24. The van der Waals surface area contributed by atoms with Crippen molar-refractivity contribution in [1.29, 1.82) is 0 Å². The quantitative estimate of drug-likeness (QED) is 0.526. The van der Waals surface area contributed by atoms with Crippen LogP contribution in [-0.2, 0) is 4.79 Å². The van der Waals surface area contributed by atoms with Gasteiger partial charge >= 0.3 is 0 Å². The zero-order chi connectivity index (χ0) is 15.3. The lowest BCUT2D eigenvalue weighted by atomic mass is 9.94. The number of rotatable bonds is 1. The summed E-state index contributed by atoms with van der Waals surface area (Å²) in [4.78, 5) is 15.4. The molecule has 3 aromatic rings. The lowest BCUT2D eigenvalue weighted by Crippen LogP contribution is -2.03. The highest BCUT2D eigenvalue weighted by molar-refractivity contribution is 6.37. The Labute approximate surface area is 133 Å². The molecule has 0 fully saturated rings. The van der Waals surface area contributed by atoms with Crippen LogP contribution in [0.15, 0.2) is 42.6 Å². The van der Waals surface area contributed by atoms with E-state index in [0.717, 1.165) is 27.7 Å². The summed E-state index contributed by atoms with van der Waals surface area (Å²) in [5.74, 6) is -0.129. The summed E-state index contributed by atoms with van der Waals surface area (Å²) >= 11 is 5.97. The number of carbonyl (C=O) groups is 1. The Bertz CT molecular complexity index is 958. The lowest BCUT2D eigenvalue weighted by Gasteiger charge is -1.99. The van der Waals surface area contributed by atoms with Gasteiger partial charge in [-0.3, -0.25) is 4.79 Å². The molecular weight excluding hydrogens is 294 g/mol. The fourth-order valence-corrected chi connectivity index (χ4v) is 2.92. The van der Waals surface area contributed by atoms with E-state index in [9.17, 15) is 4.79 Å². The predicted octanol–water partition coefficient (Wildman–Crippen LogP) is 3.11. The first kappa shape index (κ1) is 13.2. The normalized spacial score (nSPS) is 15.3. The van der Waals surface area contributed by atoms with E-state index < -0.39 is 0 Å². The zero-order valence-electron chi connectivity index (χ0n) is 11.5. The Morgan fingerprint density at radius 3 is 2.86 bits per heavy atom. The molecule has 1 aliphatic heterocycles. The number of benzene rings is 2. The molecule has 0 bridgehead atoms. The van der Waals surface area contributed by atoms with Gasteiger partial charge in [-0.2, -0.15) is 0 Å². The van der Waals surface area contributed by atoms with Crippen LogP contribution in [0.4, 0.5) is 5.69 Å². The van der Waals surface area contributed by atoms with Crippen molar-refractivity contribution in [1.82, 2.24) is 4.98 Å². The van der Waals surface area contributed by atoms with Gasteiger partial charge in [0.05, 0.1) is 5.69 Å². The van der Waals surface area contributed by atoms with Crippen molar-refractivity contribution in [2.45, 2.75) is 0 Å². The van der Waals surface area contributed by atoms with Crippen molar-refractivity contribution in [2.75, 3.05) is 5.32 Å². The monoisotopic (exact) mass is 304 g/mol. The van der Waals surface area contributed by atoms with E-state index in [1.807, 2.05) is 36.5 Å². The third-order valence-corrected chi connectivity index (χ3v) is 4.04. The number of amides is 1. The van der Waals surface area contributed by atoms with Crippen LogP contribution < -0.4 is 10.8 Å². The second kappa shape index (κ2) is 4.78. The minimum Gasteiger partial charge on any atom is -0.361 e. The van der Waals surface area contributed by atoms with E-state index in [2.05, 4.69) is 10.3 Å². The van der Waals surface area contributed by atoms with Gasteiger partial charge in [-0.1, -0.05) is 35.3 Å². The summed E-state index contributed by atoms with van der Waals surface area (Å²) in [7, 11) is 5.85. The molecule has 2 heterocycles. The first-order valence-corrected chi connectivity index (χ1v) is 7.19. The average molecular weight is 305 g/mol. The van der Waals surface area contributed by atoms with Crippen molar-refractivity contribution < 1.29 is 4.79 Å². The largest absolute Gasteiger partial charge is 0.361 e. The van der Waals surface area contributed by atoms with Crippen LogP contribution >= 0.6 is 11.6 Å². The maximum Gasteiger partial charge on any atom is 0.256 e. The minimum absolute atomic E-state index is 0.129. The molecule has 0 saturated heterocycles. The molecule has 0 aliphatic carbocycles. The van der Waals surface area contributed by atoms with Crippen molar-refractivity contribution in [3.63, 3.8) is 0 Å². The molecule has 5 heteroatoms. The highest BCUT2D eigenvalue weighted by Crippen LogP contribution is 2.35. The molecule has 4 rings (SSSR count). The second-order valence-electron chi connectivity index (χ2n) is 5.25. The molecule has 2 N–H and O–H groups in total. The summed E-state index contributed by atoms with van der Waals surface area (Å²) in [6.45, 7) is 0. The Morgan fingerprint density at radius 2 is 2.00 bits per heavy atom. The number of aromatic nitrogens is 1. The Kier molecular flexibility index (Phi) is 2.88. The van der Waals surface area contributed by atoms with Gasteiger partial charge in [-0.05, 0) is 24.3 Å². The molecule has 1 aromatic heterocycles. The van der Waals surface area contributed by atoms with Crippen LogP contribution in [-0.4, -0.2) is 18.7 Å². The summed E-state index contributed by atoms with van der Waals surface area (Å²) in [5, 5.41) is 4.42. The van der Waals surface area contributed by atoms with Crippen molar-refractivity contribution >= 4 is 59.1 Å². The zero-order valence-corrected chi connectivity index (χ0v) is 12.2. The molecule has 0 unspecified atom stereocenters. The molecule has 0 saturated carbocycles. The molecule has 2 radical (unpaired) electrons. The highest BCUT2D eigenvalue weighted by atomic mass is 35.5. The van der Waals surface area contributed by atoms with E-state index >= 15 is 0 Å². The van der Waals surface area contributed by atoms with Crippen molar-refractivity contribution in [3.05, 3.63) is 58.7 Å². The van der Waals surface area contributed by atoms with E-state index in [1.54, 1.807) is 12.1 Å². The Morgan fingerprint density at radius 1 is 1.14 bits per heavy atom. The number of aromatic amines is 1. The van der Waals surface area contributed by atoms with Gasteiger partial charge in [0.2, 0.25) is 0 Å². The van der Waals surface area contributed by atoms with Crippen LogP contribution in [0, 0.1) is 0 Å². The standard InChI is InChI=1S/C17H10BClN2O/c18-10-1-4-15-13(6-10)9(8-20-15)5-14-12-3-2-11(19)7-16(12)21-17(14)22/h1-8,20H,(H,21,22)/b14-5+. The average Bonchev–Trinajstić information content (AvgIpc) is 3.01. The maximum absolute atomic E-state index is 12.2. The number of fused-ring (bicyclic) bond motifs is 2. The van der Waals surface area contributed by atoms with Crippen LogP contribution in [0.1, 0.15) is 11.1 Å². The fourth-order valence-electron chi connectivity index (χ4n) is 2.74. The number of carbonyl (C=O) groups excluding carboxylic acids is 1. The smallest absolute Gasteiger partial charge is 0.256 e. The van der Waals surface area contributed by atoms with Gasteiger partial charge in [-0.15, -0.1) is 0 Å². The van der Waals surface area contributed by atoms with Crippen LogP contribution in [0.3, 0.4) is 0 Å². The SMILES string of the molecule is [B]c1ccc2[nH]cc(/C=C3/C(=O)Nc4cc(Cl)ccc43)c2c1. The minimum atomic E-state index is -0.129. The second-order valence-corrected chi connectivity index (χ2v) is 5.69. The van der Waals surface area contributed by atoms with E-state index in [4.69, 9.17) is 19.4 Å².